The number of rotatable bonds is 4. The summed E-state index contributed by atoms with van der Waals surface area (Å²) in [5.74, 6) is -0.949. The second-order valence-corrected chi connectivity index (χ2v) is 5.81. The molecule has 0 bridgehead atoms. The van der Waals surface area contributed by atoms with Gasteiger partial charge in [-0.25, -0.2) is 0 Å². The van der Waals surface area contributed by atoms with Gasteiger partial charge in [-0.05, 0) is 5.56 Å². The van der Waals surface area contributed by atoms with Crippen LogP contribution in [0.1, 0.15) is 10.9 Å². The largest absolute Gasteiger partial charge is 0.480 e. The van der Waals surface area contributed by atoms with Crippen molar-refractivity contribution in [1.82, 2.24) is 5.32 Å². The van der Waals surface area contributed by atoms with Crippen LogP contribution in [0, 0.1) is 0 Å². The lowest BCUT2D eigenvalue weighted by Gasteiger charge is -2.10. The van der Waals surface area contributed by atoms with Gasteiger partial charge in [0.2, 0.25) is 0 Å². The van der Waals surface area contributed by atoms with E-state index in [4.69, 9.17) is 15.9 Å². The maximum Gasteiger partial charge on any atom is 0.321 e. The number of carboxylic acid groups (broad SMARTS) is 2. The van der Waals surface area contributed by atoms with E-state index >= 15 is 0 Å². The molecule has 0 aromatic heterocycles. The smallest absolute Gasteiger partial charge is 0.321 e. The molecule has 0 saturated carbocycles. The molecule has 2 unspecified atom stereocenters. The molecule has 0 amide bonds. The molecular weight excluding hydrogens is 312 g/mol. The van der Waals surface area contributed by atoms with Crippen molar-refractivity contribution < 1.29 is 19.8 Å². The van der Waals surface area contributed by atoms with Crippen LogP contribution in [0.25, 0.3) is 0 Å². The number of thiol groups is 1. The Labute approximate surface area is 132 Å². The minimum Gasteiger partial charge on any atom is -0.480 e. The van der Waals surface area contributed by atoms with E-state index in [0.29, 0.717) is 5.75 Å². The van der Waals surface area contributed by atoms with Crippen molar-refractivity contribution in [2.24, 2.45) is 5.73 Å². The lowest BCUT2D eigenvalue weighted by molar-refractivity contribution is -0.139. The summed E-state index contributed by atoms with van der Waals surface area (Å²) < 4.78 is 0. The molecule has 0 aliphatic carbocycles. The number of benzene rings is 1. The number of hydrogen-bond donors (Lipinski definition) is 5. The molecule has 21 heavy (non-hydrogen) atoms. The van der Waals surface area contributed by atoms with Crippen LogP contribution in [0.15, 0.2) is 30.3 Å². The summed E-state index contributed by atoms with van der Waals surface area (Å²) in [5.41, 5.74) is 6.08. The van der Waals surface area contributed by atoms with E-state index in [1.807, 2.05) is 30.3 Å². The zero-order valence-corrected chi connectivity index (χ0v) is 12.9. The molecule has 5 N–H and O–H groups in total. The summed E-state index contributed by atoms with van der Waals surface area (Å²) in [4.78, 5) is 20.5. The topological polar surface area (TPSA) is 113 Å². The lowest BCUT2D eigenvalue weighted by Crippen LogP contribution is -2.33. The van der Waals surface area contributed by atoms with Crippen molar-refractivity contribution in [2.75, 3.05) is 11.5 Å². The number of hydrogen-bond acceptors (Lipinski definition) is 6. The molecule has 1 aliphatic heterocycles. The fraction of sp³-hybridized carbons (Fsp3) is 0.385. The number of carbonyl (C=O) groups is 2. The molecule has 1 fully saturated rings. The third kappa shape index (κ3) is 5.96. The number of thioether (sulfide) groups is 1. The van der Waals surface area contributed by atoms with Gasteiger partial charge >= 0.3 is 11.9 Å². The van der Waals surface area contributed by atoms with Gasteiger partial charge in [0.05, 0.1) is 5.37 Å². The molecule has 6 nitrogen and oxygen atoms in total. The summed E-state index contributed by atoms with van der Waals surface area (Å²) in [6, 6.07) is 8.67. The van der Waals surface area contributed by atoms with Gasteiger partial charge in [0, 0.05) is 11.5 Å². The molecule has 1 aromatic rings. The number of carboxylic acids is 2. The Hall–Kier alpha value is -1.22. The Morgan fingerprint density at radius 2 is 2.00 bits per heavy atom. The van der Waals surface area contributed by atoms with Gasteiger partial charge in [-0.1, -0.05) is 30.3 Å². The van der Waals surface area contributed by atoms with Crippen molar-refractivity contribution in [3.8, 4) is 0 Å². The fourth-order valence-corrected chi connectivity index (χ4v) is 2.90. The maximum absolute atomic E-state index is 10.7. The average molecular weight is 330 g/mol. The van der Waals surface area contributed by atoms with E-state index in [9.17, 15) is 9.59 Å². The first-order valence-electron chi connectivity index (χ1n) is 6.20. The van der Waals surface area contributed by atoms with Gasteiger partial charge in [-0.15, -0.1) is 11.8 Å². The Bertz CT molecular complexity index is 472. The second kappa shape index (κ2) is 8.93. The third-order valence-electron chi connectivity index (χ3n) is 2.70. The average Bonchev–Trinajstić information content (AvgIpc) is 2.98. The Morgan fingerprint density at radius 3 is 2.38 bits per heavy atom. The van der Waals surface area contributed by atoms with Gasteiger partial charge in [0.1, 0.15) is 12.1 Å². The first-order valence-corrected chi connectivity index (χ1v) is 7.88. The highest BCUT2D eigenvalue weighted by Crippen LogP contribution is 2.32. The lowest BCUT2D eigenvalue weighted by atomic mass is 10.2. The van der Waals surface area contributed by atoms with Crippen LogP contribution in [0.2, 0.25) is 0 Å². The Morgan fingerprint density at radius 1 is 1.38 bits per heavy atom. The summed E-state index contributed by atoms with van der Waals surface area (Å²) in [5, 5.41) is 20.0. The van der Waals surface area contributed by atoms with Crippen LogP contribution in [0.5, 0.6) is 0 Å². The van der Waals surface area contributed by atoms with Crippen LogP contribution < -0.4 is 11.1 Å². The molecule has 1 aliphatic rings. The van der Waals surface area contributed by atoms with Crippen molar-refractivity contribution in [3.05, 3.63) is 35.9 Å². The molecular formula is C13H18N2O4S2. The number of nitrogens with one attached hydrogen (secondary N) is 1. The van der Waals surface area contributed by atoms with Crippen LogP contribution in [-0.4, -0.2) is 45.7 Å². The predicted octanol–water partition coefficient (Wildman–Crippen LogP) is 0.803. The minimum absolute atomic E-state index is 0.123. The molecule has 116 valence electrons. The van der Waals surface area contributed by atoms with Crippen LogP contribution in [0.4, 0.5) is 0 Å². The number of nitrogens with two attached hydrogens (primary N) is 1. The van der Waals surface area contributed by atoms with Gasteiger partial charge in [-0.2, -0.15) is 12.6 Å². The Balaban J connectivity index is 0.000000270. The molecule has 1 saturated heterocycles. The second-order valence-electron chi connectivity index (χ2n) is 4.31. The monoisotopic (exact) mass is 330 g/mol. The quantitative estimate of drug-likeness (QED) is 0.519. The summed E-state index contributed by atoms with van der Waals surface area (Å²) in [6.45, 7) is 0. The van der Waals surface area contributed by atoms with E-state index in [1.165, 1.54) is 0 Å². The van der Waals surface area contributed by atoms with E-state index < -0.39 is 24.0 Å². The van der Waals surface area contributed by atoms with Crippen molar-refractivity contribution >= 4 is 36.3 Å². The van der Waals surface area contributed by atoms with E-state index in [0.717, 1.165) is 5.56 Å². The van der Waals surface area contributed by atoms with Crippen LogP contribution in [0.3, 0.4) is 0 Å². The van der Waals surface area contributed by atoms with Crippen molar-refractivity contribution in [1.29, 1.82) is 0 Å². The number of aliphatic carboxylic acids is 2. The van der Waals surface area contributed by atoms with E-state index in [2.05, 4.69) is 17.9 Å². The first kappa shape index (κ1) is 17.8. The maximum atomic E-state index is 10.7. The molecule has 8 heteroatoms. The molecule has 3 atom stereocenters. The highest BCUT2D eigenvalue weighted by Gasteiger charge is 2.29. The molecule has 1 aromatic carbocycles. The summed E-state index contributed by atoms with van der Waals surface area (Å²) >= 11 is 5.29. The first-order chi connectivity index (χ1) is 9.95. The standard InChI is InChI=1S/C10H11NO2S.C3H7NO2S/c12-10(13)8-6-14-9(11-8)7-4-2-1-3-5-7;4-2(1-7)3(5)6/h1-5,8-9,11H,6H2,(H,12,13);2,7H,1,4H2,(H,5,6)/t;2-/m.0/s1. The van der Waals surface area contributed by atoms with Gasteiger partial charge in [0.15, 0.2) is 0 Å². The van der Waals surface area contributed by atoms with Crippen molar-refractivity contribution in [3.63, 3.8) is 0 Å². The molecule has 0 radical (unpaired) electrons. The zero-order valence-electron chi connectivity index (χ0n) is 11.2. The summed E-state index contributed by atoms with van der Waals surface area (Å²) in [7, 11) is 0. The third-order valence-corrected chi connectivity index (χ3v) is 4.36. The normalized spacial score (nSPS) is 22.0. The summed E-state index contributed by atoms with van der Waals surface area (Å²) in [6.07, 6.45) is 0. The van der Waals surface area contributed by atoms with Gasteiger partial charge in [0.25, 0.3) is 0 Å². The van der Waals surface area contributed by atoms with Gasteiger partial charge < -0.3 is 15.9 Å². The van der Waals surface area contributed by atoms with Crippen LogP contribution in [-0.2, 0) is 9.59 Å². The predicted molar refractivity (Wildman–Crippen MR) is 85.7 cm³/mol. The van der Waals surface area contributed by atoms with Gasteiger partial charge in [-0.3, -0.25) is 14.9 Å². The highest BCUT2D eigenvalue weighted by atomic mass is 32.2. The molecule has 1 heterocycles. The highest BCUT2D eigenvalue weighted by molar-refractivity contribution is 7.99. The van der Waals surface area contributed by atoms with E-state index in [-0.39, 0.29) is 11.1 Å². The van der Waals surface area contributed by atoms with Crippen LogP contribution >= 0.6 is 24.4 Å². The molecule has 2 rings (SSSR count). The Kier molecular flexibility index (Phi) is 7.58. The van der Waals surface area contributed by atoms with Crippen molar-refractivity contribution in [2.45, 2.75) is 17.5 Å². The zero-order chi connectivity index (χ0) is 15.8. The molecule has 0 spiro atoms. The minimum atomic E-state index is -1.00. The van der Waals surface area contributed by atoms with E-state index in [1.54, 1.807) is 11.8 Å². The SMILES string of the molecule is N[C@@H](CS)C(=O)O.O=C(O)C1CSC(c2ccccc2)N1. The fourth-order valence-electron chi connectivity index (χ4n) is 1.51.